The zero-order valence-electron chi connectivity index (χ0n) is 17.7. The molecule has 2 heterocycles. The van der Waals surface area contributed by atoms with E-state index in [1.165, 1.54) is 35.6 Å². The smallest absolute Gasteiger partial charge is 0.148 e. The zero-order valence-corrected chi connectivity index (χ0v) is 17.7. The van der Waals surface area contributed by atoms with Gasteiger partial charge in [0.2, 0.25) is 0 Å². The molecule has 7 rings (SSSR count). The molecular formula is C27H25N3. The lowest BCUT2D eigenvalue weighted by atomic mass is 9.91. The van der Waals surface area contributed by atoms with Gasteiger partial charge in [0.15, 0.2) is 0 Å². The Balaban J connectivity index is 1.69. The highest BCUT2D eigenvalue weighted by molar-refractivity contribution is 6.10. The van der Waals surface area contributed by atoms with Gasteiger partial charge < -0.3 is 0 Å². The van der Waals surface area contributed by atoms with Crippen molar-refractivity contribution in [3.05, 3.63) is 65.5 Å². The second-order valence-electron chi connectivity index (χ2n) is 10.3. The van der Waals surface area contributed by atoms with Gasteiger partial charge in [-0.25, -0.2) is 9.97 Å². The Hall–Kier alpha value is -2.94. The van der Waals surface area contributed by atoms with Gasteiger partial charge in [-0.1, -0.05) is 51.1 Å². The maximum absolute atomic E-state index is 5.29. The van der Waals surface area contributed by atoms with Crippen LogP contribution < -0.4 is 0 Å². The zero-order chi connectivity index (χ0) is 20.2. The number of nitrogens with zero attached hydrogens (tertiary/aromatic N) is 3. The maximum Gasteiger partial charge on any atom is 0.148 e. The van der Waals surface area contributed by atoms with Gasteiger partial charge in [-0.2, -0.15) is 0 Å². The molecule has 0 saturated heterocycles. The second-order valence-corrected chi connectivity index (χ2v) is 10.3. The molecule has 2 unspecified atom stereocenters. The molecule has 5 aromatic rings. The van der Waals surface area contributed by atoms with Gasteiger partial charge in [0.05, 0.1) is 16.6 Å². The summed E-state index contributed by atoms with van der Waals surface area (Å²) >= 11 is 0. The number of imidazole rings is 1. The van der Waals surface area contributed by atoms with Crippen molar-refractivity contribution < 1.29 is 0 Å². The van der Waals surface area contributed by atoms with Crippen LogP contribution in [0.2, 0.25) is 0 Å². The highest BCUT2D eigenvalue weighted by Gasteiger charge is 2.37. The quantitative estimate of drug-likeness (QED) is 0.270. The molecular weight excluding hydrogens is 366 g/mol. The fraction of sp³-hybridized carbons (Fsp3) is 0.333. The van der Waals surface area contributed by atoms with Gasteiger partial charge in [0, 0.05) is 16.2 Å². The summed E-state index contributed by atoms with van der Waals surface area (Å²) in [5.74, 6) is 2.59. The third kappa shape index (κ3) is 2.05. The SMILES string of the molecule is CC(C)(C)c1nc2c3ccccc3ccc2c2nc3cc4c(cc3n12)C1CCC4C1. The van der Waals surface area contributed by atoms with Crippen molar-refractivity contribution in [2.75, 3.05) is 0 Å². The Bertz CT molecular complexity index is 1520. The Morgan fingerprint density at radius 1 is 0.867 bits per heavy atom. The first-order chi connectivity index (χ1) is 14.5. The first kappa shape index (κ1) is 16.8. The average Bonchev–Trinajstić information content (AvgIpc) is 3.44. The molecule has 0 N–H and O–H groups in total. The number of rotatable bonds is 0. The molecule has 0 spiro atoms. The lowest BCUT2D eigenvalue weighted by molar-refractivity contribution is 0.542. The standard InChI is InChI=1S/C27H25N3/c1-27(2,3)26-29-24-18-7-5-4-6-15(18)10-11-19(24)25-28-22-13-20-16-8-9-17(12-16)21(20)14-23(22)30(25)26/h4-7,10-11,13-14,16-17H,8-9,12H2,1-3H3. The fourth-order valence-corrected chi connectivity index (χ4v) is 6.02. The summed E-state index contributed by atoms with van der Waals surface area (Å²) in [5, 5.41) is 3.57. The van der Waals surface area contributed by atoms with E-state index in [1.807, 2.05) is 0 Å². The van der Waals surface area contributed by atoms with Crippen molar-refractivity contribution in [3.8, 4) is 0 Å². The van der Waals surface area contributed by atoms with E-state index in [9.17, 15) is 0 Å². The van der Waals surface area contributed by atoms with E-state index in [4.69, 9.17) is 9.97 Å². The molecule has 3 aromatic carbocycles. The van der Waals surface area contributed by atoms with Crippen molar-refractivity contribution in [1.82, 2.24) is 14.4 Å². The molecule has 0 radical (unpaired) electrons. The van der Waals surface area contributed by atoms with Crippen LogP contribution in [0.3, 0.4) is 0 Å². The van der Waals surface area contributed by atoms with E-state index in [0.29, 0.717) is 0 Å². The van der Waals surface area contributed by atoms with Crippen molar-refractivity contribution in [2.24, 2.45) is 0 Å². The molecule has 3 heteroatoms. The third-order valence-electron chi connectivity index (χ3n) is 7.41. The van der Waals surface area contributed by atoms with E-state index in [0.717, 1.165) is 39.7 Å². The van der Waals surface area contributed by atoms with Crippen molar-refractivity contribution in [2.45, 2.75) is 57.3 Å². The van der Waals surface area contributed by atoms with Crippen LogP contribution in [-0.2, 0) is 5.41 Å². The van der Waals surface area contributed by atoms with Crippen molar-refractivity contribution >= 4 is 38.4 Å². The molecule has 148 valence electrons. The van der Waals surface area contributed by atoms with Crippen LogP contribution in [0, 0.1) is 0 Å². The Kier molecular flexibility index (Phi) is 3.03. The molecule has 3 nitrogen and oxygen atoms in total. The summed E-state index contributed by atoms with van der Waals surface area (Å²) in [6.07, 6.45) is 4.03. The van der Waals surface area contributed by atoms with E-state index < -0.39 is 0 Å². The van der Waals surface area contributed by atoms with E-state index in [-0.39, 0.29) is 5.41 Å². The fourth-order valence-electron chi connectivity index (χ4n) is 6.02. The Morgan fingerprint density at radius 2 is 1.63 bits per heavy atom. The number of benzene rings is 3. The number of hydrogen-bond donors (Lipinski definition) is 0. The van der Waals surface area contributed by atoms with Crippen LogP contribution in [0.5, 0.6) is 0 Å². The van der Waals surface area contributed by atoms with Crippen LogP contribution in [0.4, 0.5) is 0 Å². The van der Waals surface area contributed by atoms with E-state index >= 15 is 0 Å². The van der Waals surface area contributed by atoms with Crippen molar-refractivity contribution in [1.29, 1.82) is 0 Å². The van der Waals surface area contributed by atoms with Crippen LogP contribution in [0.15, 0.2) is 48.5 Å². The first-order valence-corrected chi connectivity index (χ1v) is 11.2. The molecule has 2 bridgehead atoms. The average molecular weight is 392 g/mol. The molecule has 2 atom stereocenters. The minimum atomic E-state index is -0.0883. The van der Waals surface area contributed by atoms with Gasteiger partial charge in [0.25, 0.3) is 0 Å². The lowest BCUT2D eigenvalue weighted by Crippen LogP contribution is -2.19. The highest BCUT2D eigenvalue weighted by Crippen LogP contribution is 2.54. The molecule has 0 amide bonds. The summed E-state index contributed by atoms with van der Waals surface area (Å²) in [6, 6.07) is 17.8. The van der Waals surface area contributed by atoms with E-state index in [1.54, 1.807) is 11.1 Å². The molecule has 2 aromatic heterocycles. The molecule has 2 aliphatic carbocycles. The lowest BCUT2D eigenvalue weighted by Gasteiger charge is -2.21. The molecule has 0 aliphatic heterocycles. The number of hydrogen-bond acceptors (Lipinski definition) is 2. The first-order valence-electron chi connectivity index (χ1n) is 11.2. The van der Waals surface area contributed by atoms with E-state index in [2.05, 4.69) is 73.7 Å². The summed E-state index contributed by atoms with van der Waals surface area (Å²) in [4.78, 5) is 10.5. The van der Waals surface area contributed by atoms with Gasteiger partial charge in [-0.05, 0) is 65.8 Å². The number of aromatic nitrogens is 3. The minimum absolute atomic E-state index is 0.0883. The topological polar surface area (TPSA) is 30.2 Å². The number of fused-ring (bicyclic) bond motifs is 12. The largest absolute Gasteiger partial charge is 0.279 e. The van der Waals surface area contributed by atoms with Gasteiger partial charge >= 0.3 is 0 Å². The predicted octanol–water partition coefficient (Wildman–Crippen LogP) is 6.85. The summed E-state index contributed by atoms with van der Waals surface area (Å²) in [7, 11) is 0. The molecule has 1 fully saturated rings. The summed E-state index contributed by atoms with van der Waals surface area (Å²) < 4.78 is 2.35. The van der Waals surface area contributed by atoms with Crippen molar-refractivity contribution in [3.63, 3.8) is 0 Å². The van der Waals surface area contributed by atoms with Gasteiger partial charge in [0.1, 0.15) is 11.5 Å². The molecule has 2 aliphatic rings. The molecule has 30 heavy (non-hydrogen) atoms. The molecule has 1 saturated carbocycles. The Morgan fingerprint density at radius 3 is 2.43 bits per heavy atom. The van der Waals surface area contributed by atoms with Crippen LogP contribution in [0.25, 0.3) is 38.4 Å². The summed E-state index contributed by atoms with van der Waals surface area (Å²) in [5.41, 5.74) is 7.49. The summed E-state index contributed by atoms with van der Waals surface area (Å²) in [6.45, 7) is 6.77. The monoisotopic (exact) mass is 391 g/mol. The van der Waals surface area contributed by atoms with Crippen LogP contribution >= 0.6 is 0 Å². The Labute approximate surface area is 175 Å². The van der Waals surface area contributed by atoms with Gasteiger partial charge in [-0.15, -0.1) is 0 Å². The van der Waals surface area contributed by atoms with Crippen LogP contribution in [-0.4, -0.2) is 14.4 Å². The normalized spacial score (nSPS) is 20.8. The second kappa shape index (κ2) is 5.40. The predicted molar refractivity (Wildman–Crippen MR) is 124 cm³/mol. The van der Waals surface area contributed by atoms with Gasteiger partial charge in [-0.3, -0.25) is 4.40 Å². The maximum atomic E-state index is 5.29. The third-order valence-corrected chi connectivity index (χ3v) is 7.41. The minimum Gasteiger partial charge on any atom is -0.279 e. The highest BCUT2D eigenvalue weighted by atomic mass is 15.1. The van der Waals surface area contributed by atoms with Crippen LogP contribution in [0.1, 0.15) is 68.8 Å².